The van der Waals surface area contributed by atoms with Crippen molar-refractivity contribution in [2.24, 2.45) is 0 Å². The van der Waals surface area contributed by atoms with Crippen molar-refractivity contribution in [3.63, 3.8) is 0 Å². The number of carbonyl (C=O) groups excluding carboxylic acids is 2. The van der Waals surface area contributed by atoms with Crippen LogP contribution in [-0.2, 0) is 16.1 Å². The molecule has 0 atom stereocenters. The van der Waals surface area contributed by atoms with E-state index in [4.69, 9.17) is 4.74 Å². The maximum Gasteiger partial charge on any atom is 0.338 e. The van der Waals surface area contributed by atoms with Gasteiger partial charge in [-0.25, -0.2) is 19.7 Å². The Kier molecular flexibility index (Phi) is 6.55. The number of thioether (sulfide) groups is 1. The lowest BCUT2D eigenvalue weighted by Crippen LogP contribution is -2.28. The number of hydrogen-bond donors (Lipinski definition) is 1. The van der Waals surface area contributed by atoms with Crippen LogP contribution in [0.15, 0.2) is 46.7 Å². The van der Waals surface area contributed by atoms with Gasteiger partial charge in [0.05, 0.1) is 12.2 Å². The first-order valence-corrected chi connectivity index (χ1v) is 9.92. The largest absolute Gasteiger partial charge is 0.462 e. The SMILES string of the molecule is CCOC(=O)c1ccc(NC(=O)Cn2cnc3nc(SCC)ncc3c2=O)cc1. The van der Waals surface area contributed by atoms with E-state index < -0.39 is 17.4 Å². The van der Waals surface area contributed by atoms with E-state index in [2.05, 4.69) is 20.3 Å². The molecular weight excluding hydrogens is 394 g/mol. The van der Waals surface area contributed by atoms with E-state index in [1.165, 1.54) is 28.9 Å². The van der Waals surface area contributed by atoms with Gasteiger partial charge in [-0.3, -0.25) is 14.2 Å². The molecule has 29 heavy (non-hydrogen) atoms. The van der Waals surface area contributed by atoms with Crippen molar-refractivity contribution in [2.75, 3.05) is 17.7 Å². The number of fused-ring (bicyclic) bond motifs is 1. The quantitative estimate of drug-likeness (QED) is 0.356. The summed E-state index contributed by atoms with van der Waals surface area (Å²) in [6.07, 6.45) is 2.72. The fourth-order valence-corrected chi connectivity index (χ4v) is 3.05. The number of aromatic nitrogens is 4. The molecule has 150 valence electrons. The molecule has 1 N–H and O–H groups in total. The van der Waals surface area contributed by atoms with Crippen molar-refractivity contribution in [1.29, 1.82) is 0 Å². The summed E-state index contributed by atoms with van der Waals surface area (Å²) in [5, 5.41) is 3.48. The molecule has 1 amide bonds. The van der Waals surface area contributed by atoms with Gasteiger partial charge in [0.1, 0.15) is 18.3 Å². The number of benzene rings is 1. The molecular formula is C19H19N5O4S. The van der Waals surface area contributed by atoms with E-state index in [1.54, 1.807) is 31.2 Å². The van der Waals surface area contributed by atoms with E-state index in [9.17, 15) is 14.4 Å². The van der Waals surface area contributed by atoms with Gasteiger partial charge in [-0.05, 0) is 36.9 Å². The highest BCUT2D eigenvalue weighted by atomic mass is 32.2. The van der Waals surface area contributed by atoms with Crippen LogP contribution >= 0.6 is 11.8 Å². The summed E-state index contributed by atoms with van der Waals surface area (Å²) < 4.78 is 6.11. The second-order valence-corrected chi connectivity index (χ2v) is 7.08. The zero-order valence-electron chi connectivity index (χ0n) is 15.9. The second-order valence-electron chi connectivity index (χ2n) is 5.85. The first-order chi connectivity index (χ1) is 14.0. The lowest BCUT2D eigenvalue weighted by atomic mass is 10.2. The monoisotopic (exact) mass is 413 g/mol. The summed E-state index contributed by atoms with van der Waals surface area (Å²) in [5.41, 5.74) is 0.790. The third kappa shape index (κ3) is 4.96. The van der Waals surface area contributed by atoms with Gasteiger partial charge >= 0.3 is 5.97 Å². The molecule has 0 spiro atoms. The summed E-state index contributed by atoms with van der Waals surface area (Å²) >= 11 is 1.45. The highest BCUT2D eigenvalue weighted by Gasteiger charge is 2.11. The average molecular weight is 413 g/mol. The standard InChI is InChI=1S/C19H19N5O4S/c1-3-28-18(27)12-5-7-13(8-6-12)22-15(25)10-24-11-21-16-14(17(24)26)9-20-19(23-16)29-4-2/h5-9,11H,3-4,10H2,1-2H3,(H,22,25). The number of ether oxygens (including phenoxy) is 1. The lowest BCUT2D eigenvalue weighted by molar-refractivity contribution is -0.116. The molecule has 0 radical (unpaired) electrons. The molecule has 0 unspecified atom stereocenters. The molecule has 0 fully saturated rings. The van der Waals surface area contributed by atoms with Crippen LogP contribution in [0.25, 0.3) is 11.0 Å². The Bertz CT molecular complexity index is 1100. The molecule has 0 aliphatic heterocycles. The molecule has 1 aromatic carbocycles. The lowest BCUT2D eigenvalue weighted by Gasteiger charge is -2.09. The zero-order chi connectivity index (χ0) is 20.8. The van der Waals surface area contributed by atoms with Gasteiger partial charge in [0.2, 0.25) is 5.91 Å². The number of nitrogens with one attached hydrogen (secondary N) is 1. The first kappa shape index (κ1) is 20.5. The van der Waals surface area contributed by atoms with Crippen molar-refractivity contribution in [1.82, 2.24) is 19.5 Å². The molecule has 0 aliphatic carbocycles. The van der Waals surface area contributed by atoms with Crippen molar-refractivity contribution in [3.05, 3.63) is 52.7 Å². The summed E-state index contributed by atoms with van der Waals surface area (Å²) in [7, 11) is 0. The van der Waals surface area contributed by atoms with Crippen LogP contribution in [0.3, 0.4) is 0 Å². The number of nitrogens with zero attached hydrogens (tertiary/aromatic N) is 4. The van der Waals surface area contributed by atoms with E-state index in [0.717, 1.165) is 5.75 Å². The Morgan fingerprint density at radius 1 is 1.17 bits per heavy atom. The van der Waals surface area contributed by atoms with E-state index in [0.29, 0.717) is 22.1 Å². The smallest absolute Gasteiger partial charge is 0.338 e. The van der Waals surface area contributed by atoms with E-state index >= 15 is 0 Å². The Morgan fingerprint density at radius 3 is 2.62 bits per heavy atom. The molecule has 0 bridgehead atoms. The van der Waals surface area contributed by atoms with Crippen LogP contribution in [0.5, 0.6) is 0 Å². The zero-order valence-corrected chi connectivity index (χ0v) is 16.7. The Morgan fingerprint density at radius 2 is 1.93 bits per heavy atom. The van der Waals surface area contributed by atoms with E-state index in [-0.39, 0.29) is 18.5 Å². The van der Waals surface area contributed by atoms with Crippen LogP contribution in [0, 0.1) is 0 Å². The third-order valence-electron chi connectivity index (χ3n) is 3.82. The average Bonchev–Trinajstić information content (AvgIpc) is 2.71. The minimum atomic E-state index is -0.429. The Labute approximate surface area is 170 Å². The Hall–Kier alpha value is -3.27. The summed E-state index contributed by atoms with van der Waals surface area (Å²) in [6, 6.07) is 6.29. The predicted octanol–water partition coefficient (Wildman–Crippen LogP) is 2.11. The van der Waals surface area contributed by atoms with Gasteiger partial charge in [0.25, 0.3) is 5.56 Å². The molecule has 0 saturated heterocycles. The number of esters is 1. The minimum absolute atomic E-state index is 0.215. The van der Waals surface area contributed by atoms with Gasteiger partial charge in [0.15, 0.2) is 10.8 Å². The van der Waals surface area contributed by atoms with Crippen LogP contribution in [-0.4, -0.2) is 43.8 Å². The number of rotatable bonds is 7. The summed E-state index contributed by atoms with van der Waals surface area (Å²) in [6.45, 7) is 3.78. The van der Waals surface area contributed by atoms with Crippen molar-refractivity contribution in [2.45, 2.75) is 25.5 Å². The van der Waals surface area contributed by atoms with Crippen molar-refractivity contribution >= 4 is 40.4 Å². The van der Waals surface area contributed by atoms with Gasteiger partial charge < -0.3 is 10.1 Å². The second kappa shape index (κ2) is 9.28. The molecule has 0 aliphatic rings. The Balaban J connectivity index is 1.71. The number of hydrogen-bond acceptors (Lipinski definition) is 8. The van der Waals surface area contributed by atoms with Crippen LogP contribution in [0.2, 0.25) is 0 Å². The highest BCUT2D eigenvalue weighted by molar-refractivity contribution is 7.99. The summed E-state index contributed by atoms with van der Waals surface area (Å²) in [5.74, 6) is -0.0261. The molecule has 9 nitrogen and oxygen atoms in total. The van der Waals surface area contributed by atoms with Crippen LogP contribution in [0.1, 0.15) is 24.2 Å². The summed E-state index contributed by atoms with van der Waals surface area (Å²) in [4.78, 5) is 49.1. The van der Waals surface area contributed by atoms with E-state index in [1.807, 2.05) is 6.92 Å². The fourth-order valence-electron chi connectivity index (χ4n) is 2.51. The first-order valence-electron chi connectivity index (χ1n) is 8.93. The maximum atomic E-state index is 12.6. The van der Waals surface area contributed by atoms with Gasteiger partial charge in [-0.2, -0.15) is 0 Å². The molecule has 2 aromatic heterocycles. The molecule has 3 rings (SSSR count). The molecule has 0 saturated carbocycles. The van der Waals surface area contributed by atoms with Crippen LogP contribution in [0.4, 0.5) is 5.69 Å². The van der Waals surface area contributed by atoms with Crippen LogP contribution < -0.4 is 10.9 Å². The normalized spacial score (nSPS) is 10.7. The number of carbonyl (C=O) groups is 2. The topological polar surface area (TPSA) is 116 Å². The van der Waals surface area contributed by atoms with Gasteiger partial charge in [-0.1, -0.05) is 18.7 Å². The van der Waals surface area contributed by atoms with Crippen molar-refractivity contribution in [3.8, 4) is 0 Å². The van der Waals surface area contributed by atoms with Gasteiger partial charge in [0, 0.05) is 11.9 Å². The van der Waals surface area contributed by atoms with Crippen molar-refractivity contribution < 1.29 is 14.3 Å². The number of anilines is 1. The predicted molar refractivity (Wildman–Crippen MR) is 109 cm³/mol. The third-order valence-corrected chi connectivity index (χ3v) is 4.57. The fraction of sp³-hybridized carbons (Fsp3) is 0.263. The van der Waals surface area contributed by atoms with Gasteiger partial charge in [-0.15, -0.1) is 0 Å². The molecule has 3 aromatic rings. The number of amides is 1. The highest BCUT2D eigenvalue weighted by Crippen LogP contribution is 2.14. The molecule has 2 heterocycles. The molecule has 10 heteroatoms. The minimum Gasteiger partial charge on any atom is -0.462 e. The maximum absolute atomic E-state index is 12.6.